The number of nitrogens with zero attached hydrogens (tertiary/aromatic N) is 1. The van der Waals surface area contributed by atoms with E-state index >= 15 is 0 Å². The molecule has 0 aliphatic carbocycles. The topological polar surface area (TPSA) is 78.9 Å². The van der Waals surface area contributed by atoms with Gasteiger partial charge in [0.15, 0.2) is 11.6 Å². The third kappa shape index (κ3) is 7.07. The molecule has 0 atom stereocenters. The minimum Gasteiger partial charge on any atom is -0.486 e. The Morgan fingerprint density at radius 2 is 1.84 bits per heavy atom. The molecule has 12 heteroatoms. The van der Waals surface area contributed by atoms with Crippen molar-refractivity contribution < 1.29 is 41.4 Å². The highest BCUT2D eigenvalue weighted by molar-refractivity contribution is 6.30. The first-order valence-electron chi connectivity index (χ1n) is 8.66. The third-order valence-corrected chi connectivity index (χ3v) is 4.19. The van der Waals surface area contributed by atoms with Gasteiger partial charge >= 0.3 is 12.1 Å². The molecule has 0 radical (unpaired) electrons. The second-order valence-electron chi connectivity index (χ2n) is 6.16. The zero-order chi connectivity index (χ0) is 23.2. The first-order valence-corrected chi connectivity index (χ1v) is 9.04. The SMILES string of the molecule is O=C(O)C(F)(F)F.O=C1CNCCN1c1ccc(F)c(OCc2ccc(Cl)cc2F)c1. The maximum atomic E-state index is 13.9. The van der Waals surface area contributed by atoms with Crippen molar-refractivity contribution in [1.82, 2.24) is 5.32 Å². The van der Waals surface area contributed by atoms with Gasteiger partial charge in [-0.15, -0.1) is 0 Å². The molecule has 1 heterocycles. The standard InChI is InChI=1S/C17H15ClF2N2O2.C2HF3O2/c18-12-2-1-11(15(20)7-12)10-24-16-8-13(3-4-14(16)19)22-6-5-21-9-17(22)23;3-2(4,5)1(6)7/h1-4,7-8,21H,5-6,9-10H2;(H,6,7). The molecule has 1 saturated heterocycles. The second-order valence-corrected chi connectivity index (χ2v) is 6.60. The van der Waals surface area contributed by atoms with Gasteiger partial charge in [-0.3, -0.25) is 4.79 Å². The number of nitrogens with one attached hydrogen (secondary N) is 1. The predicted octanol–water partition coefficient (Wildman–Crippen LogP) is 3.77. The molecule has 1 aliphatic rings. The number of carbonyl (C=O) groups excluding carboxylic acids is 1. The summed E-state index contributed by atoms with van der Waals surface area (Å²) in [5, 5.41) is 10.4. The van der Waals surface area contributed by atoms with Gasteiger partial charge in [0.2, 0.25) is 5.91 Å². The van der Waals surface area contributed by atoms with Gasteiger partial charge in [0.05, 0.1) is 6.54 Å². The Bertz CT molecular complexity index is 955. The van der Waals surface area contributed by atoms with Gasteiger partial charge in [-0.1, -0.05) is 17.7 Å². The fraction of sp³-hybridized carbons (Fsp3) is 0.263. The van der Waals surface area contributed by atoms with E-state index < -0.39 is 23.8 Å². The maximum absolute atomic E-state index is 13.9. The van der Waals surface area contributed by atoms with Crippen LogP contribution in [0.3, 0.4) is 0 Å². The lowest BCUT2D eigenvalue weighted by atomic mass is 10.2. The summed E-state index contributed by atoms with van der Waals surface area (Å²) in [6.45, 7) is 1.26. The van der Waals surface area contributed by atoms with Gasteiger partial charge in [0, 0.05) is 35.4 Å². The molecule has 1 fully saturated rings. The normalized spacial score (nSPS) is 14.0. The lowest BCUT2D eigenvalue weighted by Gasteiger charge is -2.27. The van der Waals surface area contributed by atoms with Crippen LogP contribution in [0.25, 0.3) is 0 Å². The second kappa shape index (κ2) is 10.4. The number of carboxylic acids is 1. The van der Waals surface area contributed by atoms with Gasteiger partial charge in [-0.2, -0.15) is 13.2 Å². The van der Waals surface area contributed by atoms with Crippen LogP contribution in [0.1, 0.15) is 5.56 Å². The molecule has 0 aromatic heterocycles. The maximum Gasteiger partial charge on any atom is 0.490 e. The number of hydrogen-bond acceptors (Lipinski definition) is 4. The first-order chi connectivity index (χ1) is 14.5. The van der Waals surface area contributed by atoms with Crippen LogP contribution in [0.5, 0.6) is 5.75 Å². The summed E-state index contributed by atoms with van der Waals surface area (Å²) in [6.07, 6.45) is -5.08. The van der Waals surface area contributed by atoms with Gasteiger partial charge < -0.3 is 20.1 Å². The van der Waals surface area contributed by atoms with E-state index in [-0.39, 0.29) is 35.4 Å². The lowest BCUT2D eigenvalue weighted by Crippen LogP contribution is -2.48. The van der Waals surface area contributed by atoms with E-state index in [1.54, 1.807) is 4.90 Å². The fourth-order valence-electron chi connectivity index (χ4n) is 2.44. The van der Waals surface area contributed by atoms with Crippen molar-refractivity contribution in [3.05, 3.63) is 58.6 Å². The van der Waals surface area contributed by atoms with Crippen LogP contribution >= 0.6 is 11.6 Å². The minimum atomic E-state index is -5.08. The fourth-order valence-corrected chi connectivity index (χ4v) is 2.60. The van der Waals surface area contributed by atoms with E-state index in [1.165, 1.54) is 36.4 Å². The Hall–Kier alpha value is -2.92. The number of rotatable bonds is 4. The highest BCUT2D eigenvalue weighted by atomic mass is 35.5. The Labute approximate surface area is 178 Å². The number of aliphatic carboxylic acids is 1. The molecule has 2 aromatic carbocycles. The predicted molar refractivity (Wildman–Crippen MR) is 101 cm³/mol. The molecule has 1 amide bonds. The van der Waals surface area contributed by atoms with E-state index in [2.05, 4.69) is 5.32 Å². The summed E-state index contributed by atoms with van der Waals surface area (Å²) in [5.74, 6) is -3.98. The number of hydrogen-bond donors (Lipinski definition) is 2. The van der Waals surface area contributed by atoms with Gasteiger partial charge in [0.1, 0.15) is 12.4 Å². The van der Waals surface area contributed by atoms with Crippen molar-refractivity contribution in [2.45, 2.75) is 12.8 Å². The van der Waals surface area contributed by atoms with Crippen molar-refractivity contribution in [3.8, 4) is 5.75 Å². The van der Waals surface area contributed by atoms with Gasteiger partial charge in [-0.25, -0.2) is 13.6 Å². The van der Waals surface area contributed by atoms with Crippen molar-refractivity contribution >= 4 is 29.2 Å². The smallest absolute Gasteiger partial charge is 0.486 e. The highest BCUT2D eigenvalue weighted by Crippen LogP contribution is 2.26. The Morgan fingerprint density at radius 1 is 1.16 bits per heavy atom. The quantitative estimate of drug-likeness (QED) is 0.671. The molecule has 6 nitrogen and oxygen atoms in total. The summed E-state index contributed by atoms with van der Waals surface area (Å²) in [4.78, 5) is 22.4. The number of amides is 1. The van der Waals surface area contributed by atoms with Crippen LogP contribution in [-0.2, 0) is 16.2 Å². The number of carbonyl (C=O) groups is 2. The van der Waals surface area contributed by atoms with Crippen molar-refractivity contribution in [1.29, 1.82) is 0 Å². The first kappa shape index (κ1) is 24.4. The van der Waals surface area contributed by atoms with Crippen LogP contribution in [0.2, 0.25) is 5.02 Å². The average Bonchev–Trinajstić information content (AvgIpc) is 2.69. The summed E-state index contributed by atoms with van der Waals surface area (Å²) in [5.41, 5.74) is 0.817. The molecule has 168 valence electrons. The summed E-state index contributed by atoms with van der Waals surface area (Å²) >= 11 is 5.70. The monoisotopic (exact) mass is 466 g/mol. The molecule has 0 saturated carbocycles. The molecule has 1 aliphatic heterocycles. The van der Waals surface area contributed by atoms with Crippen LogP contribution in [0.4, 0.5) is 27.6 Å². The number of alkyl halides is 3. The number of anilines is 1. The number of carboxylic acid groups (broad SMARTS) is 1. The molecule has 2 aromatic rings. The van der Waals surface area contributed by atoms with Crippen LogP contribution in [0, 0.1) is 11.6 Å². The van der Waals surface area contributed by atoms with Crippen molar-refractivity contribution in [2.24, 2.45) is 0 Å². The summed E-state index contributed by atoms with van der Waals surface area (Å²) in [7, 11) is 0. The number of ether oxygens (including phenoxy) is 1. The van der Waals surface area contributed by atoms with Gasteiger partial charge in [-0.05, 0) is 24.3 Å². The summed E-state index contributed by atoms with van der Waals surface area (Å²) in [6, 6.07) is 8.40. The third-order valence-electron chi connectivity index (χ3n) is 3.96. The van der Waals surface area contributed by atoms with Crippen LogP contribution in [0.15, 0.2) is 36.4 Å². The molecule has 31 heavy (non-hydrogen) atoms. The Kier molecular flexibility index (Phi) is 8.17. The molecular weight excluding hydrogens is 451 g/mol. The van der Waals surface area contributed by atoms with Crippen LogP contribution < -0.4 is 15.0 Å². The average molecular weight is 467 g/mol. The Balaban J connectivity index is 0.000000423. The zero-order valence-electron chi connectivity index (χ0n) is 15.7. The number of halogens is 6. The lowest BCUT2D eigenvalue weighted by molar-refractivity contribution is -0.192. The van der Waals surface area contributed by atoms with Crippen molar-refractivity contribution in [3.63, 3.8) is 0 Å². The zero-order valence-corrected chi connectivity index (χ0v) is 16.4. The number of piperazine rings is 1. The van der Waals surface area contributed by atoms with E-state index in [0.29, 0.717) is 18.8 Å². The van der Waals surface area contributed by atoms with E-state index in [9.17, 15) is 26.7 Å². The molecule has 2 N–H and O–H groups in total. The molecule has 0 unspecified atom stereocenters. The van der Waals surface area contributed by atoms with Crippen molar-refractivity contribution in [2.75, 3.05) is 24.5 Å². The highest BCUT2D eigenvalue weighted by Gasteiger charge is 2.38. The van der Waals surface area contributed by atoms with Crippen LogP contribution in [-0.4, -0.2) is 42.8 Å². The van der Waals surface area contributed by atoms with E-state index in [0.717, 1.165) is 0 Å². The molecule has 0 bridgehead atoms. The molecular formula is C19H16ClF5N2O4. The summed E-state index contributed by atoms with van der Waals surface area (Å²) < 4.78 is 64.8. The Morgan fingerprint density at radius 3 is 2.42 bits per heavy atom. The van der Waals surface area contributed by atoms with E-state index in [4.69, 9.17) is 26.2 Å². The van der Waals surface area contributed by atoms with Gasteiger partial charge in [0.25, 0.3) is 0 Å². The minimum absolute atomic E-state index is 0.0341. The molecule has 0 spiro atoms. The molecule has 3 rings (SSSR count). The largest absolute Gasteiger partial charge is 0.490 e. The van der Waals surface area contributed by atoms with E-state index in [1.807, 2.05) is 0 Å². The number of benzene rings is 2.